The van der Waals surface area contributed by atoms with Gasteiger partial charge in [0.05, 0.1) is 24.7 Å². The highest BCUT2D eigenvalue weighted by Crippen LogP contribution is 2.39. The quantitative estimate of drug-likeness (QED) is 0.0473. The van der Waals surface area contributed by atoms with E-state index in [1.54, 1.807) is 16.4 Å². The zero-order chi connectivity index (χ0) is 47.3. The zero-order valence-corrected chi connectivity index (χ0v) is 43.5. The lowest BCUT2D eigenvalue weighted by Gasteiger charge is -2.44. The number of ether oxygens (including phenoxy) is 1. The van der Waals surface area contributed by atoms with Crippen LogP contribution in [0.3, 0.4) is 0 Å². The summed E-state index contributed by atoms with van der Waals surface area (Å²) in [6.45, 7) is 20.1. The summed E-state index contributed by atoms with van der Waals surface area (Å²) in [7, 11) is -9.78. The maximum atomic E-state index is 15.3. The predicted molar refractivity (Wildman–Crippen MR) is 280 cm³/mol. The Bertz CT molecular complexity index is 2360. The molecule has 0 saturated heterocycles. The highest BCUT2D eigenvalue weighted by molar-refractivity contribution is 7.89. The molecular formula is C57H73NO5SSi2. The van der Waals surface area contributed by atoms with Crippen LogP contribution in [0.25, 0.3) is 0 Å². The smallest absolute Gasteiger partial charge is 0.261 e. The van der Waals surface area contributed by atoms with Gasteiger partial charge in [0.2, 0.25) is 10.0 Å². The highest BCUT2D eigenvalue weighted by atomic mass is 32.2. The van der Waals surface area contributed by atoms with Crippen molar-refractivity contribution in [3.63, 3.8) is 0 Å². The van der Waals surface area contributed by atoms with Gasteiger partial charge < -0.3 is 13.6 Å². The van der Waals surface area contributed by atoms with E-state index in [0.717, 1.165) is 30.4 Å². The average Bonchev–Trinajstić information content (AvgIpc) is 3.31. The van der Waals surface area contributed by atoms with E-state index < -0.39 is 32.7 Å². The van der Waals surface area contributed by atoms with Gasteiger partial charge in [-0.3, -0.25) is 0 Å². The van der Waals surface area contributed by atoms with Crippen LogP contribution < -0.4 is 20.7 Å². The highest BCUT2D eigenvalue weighted by Gasteiger charge is 2.52. The number of hydrogen-bond acceptors (Lipinski definition) is 5. The molecule has 6 nitrogen and oxygen atoms in total. The van der Waals surface area contributed by atoms with Crippen LogP contribution in [0.4, 0.5) is 0 Å². The minimum absolute atomic E-state index is 0.185. The molecular weight excluding hydrogens is 867 g/mol. The lowest BCUT2D eigenvalue weighted by atomic mass is 10.1. The van der Waals surface area contributed by atoms with Gasteiger partial charge in [-0.15, -0.1) is 0 Å². The van der Waals surface area contributed by atoms with E-state index >= 15 is 8.42 Å². The van der Waals surface area contributed by atoms with Crippen LogP contribution in [0.5, 0.6) is 0 Å². The number of benzene rings is 6. The molecule has 6 aromatic carbocycles. The molecule has 0 aliphatic carbocycles. The number of nitrogens with zero attached hydrogens (tertiary/aromatic N) is 1. The van der Waals surface area contributed by atoms with Crippen LogP contribution in [-0.4, -0.2) is 55.2 Å². The van der Waals surface area contributed by atoms with E-state index in [4.69, 9.17) is 13.6 Å². The maximum Gasteiger partial charge on any atom is 0.261 e. The molecule has 0 radical (unpaired) electrons. The molecule has 6 rings (SSSR count). The predicted octanol–water partition coefficient (Wildman–Crippen LogP) is 11.1. The number of unbranched alkanes of at least 4 members (excludes halogenated alkanes) is 1. The van der Waals surface area contributed by atoms with E-state index in [2.05, 4.69) is 165 Å². The van der Waals surface area contributed by atoms with Crippen molar-refractivity contribution in [3.8, 4) is 0 Å². The summed E-state index contributed by atoms with van der Waals surface area (Å²) in [6.07, 6.45) is 2.95. The zero-order valence-electron chi connectivity index (χ0n) is 40.7. The molecule has 0 fully saturated rings. The molecule has 0 amide bonds. The molecule has 9 heteroatoms. The Kier molecular flexibility index (Phi) is 17.8. The minimum atomic E-state index is -3.98. The summed E-state index contributed by atoms with van der Waals surface area (Å²) in [5.41, 5.74) is 2.07. The molecule has 1 atom stereocenters. The van der Waals surface area contributed by atoms with Gasteiger partial charge in [0.15, 0.2) is 0 Å². The first-order chi connectivity index (χ1) is 31.6. The molecule has 0 aliphatic rings. The Morgan fingerprint density at radius 1 is 0.500 bits per heavy atom. The second kappa shape index (κ2) is 23.0. The third kappa shape index (κ3) is 12.2. The molecule has 0 N–H and O–H groups in total. The Balaban J connectivity index is 1.32. The van der Waals surface area contributed by atoms with Crippen LogP contribution in [0.15, 0.2) is 181 Å². The summed E-state index contributed by atoms with van der Waals surface area (Å²) < 4.78 is 53.3. The standard InChI is InChI=1S/C57H73NO5SSi2/c1-47(2)41-42-58(64(59,60)51-39-37-49(38-40-51)45-62-65(56(3,4)5,52-29-16-10-17-30-52)53-31-18-11-19-32-53)50(28-24-25-43-61-44-48-26-14-9-15-27-48)46-63-66(57(6,7)8,54-33-20-12-21-34-54)55-35-22-13-23-36-55/h9-23,26-27,29-40,47,50H,24-25,28,41-46H2,1-8H3/t50-/m0/s1. The SMILES string of the molecule is CC(C)CCN([C@@H](CCCCOCc1ccccc1)CO[Si](c1ccccc1)(c1ccccc1)C(C)(C)C)S(=O)(=O)c1ccc(CO[Si](c2ccccc2)(c2ccccc2)C(C)(C)C)cc1. The minimum Gasteiger partial charge on any atom is -0.406 e. The van der Waals surface area contributed by atoms with Gasteiger partial charge in [-0.1, -0.05) is 219 Å². The van der Waals surface area contributed by atoms with Gasteiger partial charge in [-0.05, 0) is 85.7 Å². The van der Waals surface area contributed by atoms with Gasteiger partial charge in [0, 0.05) is 19.2 Å². The molecule has 0 unspecified atom stereocenters. The first-order valence-corrected chi connectivity index (χ1v) is 29.1. The molecule has 6 aromatic rings. The maximum absolute atomic E-state index is 15.3. The normalized spacial score (nSPS) is 13.3. The van der Waals surface area contributed by atoms with Crippen LogP contribution in [0.1, 0.15) is 92.2 Å². The average molecular weight is 940 g/mol. The fraction of sp³-hybridized carbons (Fsp3) is 0.368. The van der Waals surface area contributed by atoms with E-state index in [-0.39, 0.29) is 21.6 Å². The first kappa shape index (κ1) is 50.9. The molecule has 0 heterocycles. The van der Waals surface area contributed by atoms with Crippen molar-refractivity contribution in [2.24, 2.45) is 5.92 Å². The molecule has 0 spiro atoms. The summed E-state index contributed by atoms with van der Waals surface area (Å²) >= 11 is 0. The second-order valence-electron chi connectivity index (χ2n) is 20.1. The van der Waals surface area contributed by atoms with Gasteiger partial charge >= 0.3 is 0 Å². The van der Waals surface area contributed by atoms with Crippen molar-refractivity contribution in [1.29, 1.82) is 0 Å². The monoisotopic (exact) mass is 939 g/mol. The Hall–Kier alpha value is -4.46. The number of hydrogen-bond donors (Lipinski definition) is 0. The van der Waals surface area contributed by atoms with Crippen LogP contribution in [0.2, 0.25) is 10.1 Å². The van der Waals surface area contributed by atoms with E-state index in [1.165, 1.54) is 20.7 Å². The Morgan fingerprint density at radius 3 is 1.33 bits per heavy atom. The van der Waals surface area contributed by atoms with Gasteiger partial charge in [-0.2, -0.15) is 4.31 Å². The third-order valence-electron chi connectivity index (χ3n) is 12.8. The van der Waals surface area contributed by atoms with Crippen LogP contribution >= 0.6 is 0 Å². The van der Waals surface area contributed by atoms with Crippen molar-refractivity contribution in [3.05, 3.63) is 187 Å². The summed E-state index contributed by atoms with van der Waals surface area (Å²) in [6, 6.07) is 59.7. The van der Waals surface area contributed by atoms with Gasteiger partial charge in [0.25, 0.3) is 16.6 Å². The van der Waals surface area contributed by atoms with Crippen molar-refractivity contribution < 1.29 is 22.0 Å². The molecule has 66 heavy (non-hydrogen) atoms. The molecule has 0 aromatic heterocycles. The van der Waals surface area contributed by atoms with E-state index in [0.29, 0.717) is 38.7 Å². The Labute approximate surface area is 399 Å². The number of rotatable bonds is 23. The summed E-state index contributed by atoms with van der Waals surface area (Å²) in [4.78, 5) is 0.280. The molecule has 0 bridgehead atoms. The van der Waals surface area contributed by atoms with Crippen molar-refractivity contribution in [2.45, 2.75) is 115 Å². The lowest BCUT2D eigenvalue weighted by Crippen LogP contribution is -2.67. The summed E-state index contributed by atoms with van der Waals surface area (Å²) in [5, 5.41) is 4.30. The number of sulfonamides is 1. The topological polar surface area (TPSA) is 65.1 Å². The van der Waals surface area contributed by atoms with Crippen LogP contribution in [0, 0.1) is 5.92 Å². The molecule has 350 valence electrons. The molecule has 0 saturated carbocycles. The fourth-order valence-corrected chi connectivity index (χ4v) is 20.2. The van der Waals surface area contributed by atoms with Gasteiger partial charge in [0.1, 0.15) is 0 Å². The third-order valence-corrected chi connectivity index (χ3v) is 24.8. The lowest BCUT2D eigenvalue weighted by molar-refractivity contribution is 0.113. The second-order valence-corrected chi connectivity index (χ2v) is 30.6. The first-order valence-electron chi connectivity index (χ1n) is 23.8. The summed E-state index contributed by atoms with van der Waals surface area (Å²) in [5.74, 6) is 0.299. The van der Waals surface area contributed by atoms with Crippen molar-refractivity contribution in [1.82, 2.24) is 4.31 Å². The van der Waals surface area contributed by atoms with Gasteiger partial charge in [-0.25, -0.2) is 8.42 Å². The van der Waals surface area contributed by atoms with E-state index in [9.17, 15) is 0 Å². The van der Waals surface area contributed by atoms with Crippen molar-refractivity contribution >= 4 is 47.4 Å². The van der Waals surface area contributed by atoms with Crippen molar-refractivity contribution in [2.75, 3.05) is 19.8 Å². The van der Waals surface area contributed by atoms with E-state index in [1.807, 2.05) is 54.6 Å². The largest absolute Gasteiger partial charge is 0.406 e. The van der Waals surface area contributed by atoms with Crippen LogP contribution in [-0.2, 0) is 36.8 Å². The Morgan fingerprint density at radius 2 is 0.909 bits per heavy atom. The fourth-order valence-electron chi connectivity index (χ4n) is 9.37. The molecule has 0 aliphatic heterocycles.